The fraction of sp³-hybridized carbons (Fsp3) is 0.176. The number of anilines is 1. The van der Waals surface area contributed by atoms with Crippen molar-refractivity contribution in [1.82, 2.24) is 0 Å². The lowest BCUT2D eigenvalue weighted by molar-refractivity contribution is -0.114. The molecule has 0 saturated carbocycles. The maximum Gasteiger partial charge on any atom is 0.257 e. The summed E-state index contributed by atoms with van der Waals surface area (Å²) in [6.07, 6.45) is 0. The van der Waals surface area contributed by atoms with Crippen molar-refractivity contribution < 1.29 is 4.79 Å². The number of carbonyl (C=O) groups is 1. The maximum absolute atomic E-state index is 11.5. The smallest absolute Gasteiger partial charge is 0.257 e. The first-order valence-electron chi connectivity index (χ1n) is 7.29. The van der Waals surface area contributed by atoms with Crippen LogP contribution in [0.2, 0.25) is 10.0 Å². The Morgan fingerprint density at radius 3 is 2.36 bits per heavy atom. The molecule has 1 N–H and O–H groups in total. The van der Waals surface area contributed by atoms with Crippen molar-refractivity contribution in [3.05, 3.63) is 63.6 Å². The molecule has 25 heavy (non-hydrogen) atoms. The molecule has 0 aliphatic carbocycles. The van der Waals surface area contributed by atoms with Crippen molar-refractivity contribution >= 4 is 74.8 Å². The van der Waals surface area contributed by atoms with Gasteiger partial charge in [-0.15, -0.1) is 11.8 Å². The van der Waals surface area contributed by atoms with E-state index in [2.05, 4.69) is 5.32 Å². The number of hydrogen-bond acceptors (Lipinski definition) is 3. The van der Waals surface area contributed by atoms with Crippen LogP contribution in [-0.4, -0.2) is 21.5 Å². The molecule has 2 aromatic rings. The number of nitrogens with one attached hydrogen (secondary N) is 1. The second kappa shape index (κ2) is 8.19. The number of halogens is 4. The fourth-order valence-corrected chi connectivity index (χ4v) is 4.32. The predicted octanol–water partition coefficient (Wildman–Crippen LogP) is 5.97. The summed E-state index contributed by atoms with van der Waals surface area (Å²) in [5, 5.41) is 4.65. The minimum Gasteiger partial charge on any atom is -0.324 e. The monoisotopic (exact) mass is 432 g/mol. The Morgan fingerprint density at radius 1 is 1.12 bits per heavy atom. The summed E-state index contributed by atoms with van der Waals surface area (Å²) < 4.78 is 0. The van der Waals surface area contributed by atoms with Crippen LogP contribution in [0.5, 0.6) is 0 Å². The first-order valence-corrected chi connectivity index (χ1v) is 9.91. The number of alkyl halides is 2. The van der Waals surface area contributed by atoms with Crippen molar-refractivity contribution in [1.29, 1.82) is 0 Å². The van der Waals surface area contributed by atoms with E-state index in [4.69, 9.17) is 51.4 Å². The molecule has 3 rings (SSSR count). The van der Waals surface area contributed by atoms with E-state index in [9.17, 15) is 4.79 Å². The second-order valence-corrected chi connectivity index (χ2v) is 8.19. The number of benzene rings is 2. The van der Waals surface area contributed by atoms with Gasteiger partial charge in [-0.25, -0.2) is 0 Å². The molecule has 1 unspecified atom stereocenters. The Kier molecular flexibility index (Phi) is 6.18. The highest BCUT2D eigenvalue weighted by Gasteiger charge is 2.24. The molecule has 0 saturated heterocycles. The fourth-order valence-electron chi connectivity index (χ4n) is 2.37. The summed E-state index contributed by atoms with van der Waals surface area (Å²) in [5.41, 5.74) is 2.44. The van der Waals surface area contributed by atoms with Gasteiger partial charge in [0.05, 0.1) is 16.1 Å². The quantitative estimate of drug-likeness (QED) is 0.603. The van der Waals surface area contributed by atoms with E-state index < -0.39 is 10.7 Å². The molecule has 3 nitrogen and oxygen atoms in total. The largest absolute Gasteiger partial charge is 0.324 e. The molecule has 130 valence electrons. The molecule has 0 radical (unpaired) electrons. The maximum atomic E-state index is 11.5. The van der Waals surface area contributed by atoms with Gasteiger partial charge in [-0.2, -0.15) is 0 Å². The zero-order valence-corrected chi connectivity index (χ0v) is 16.5. The van der Waals surface area contributed by atoms with Gasteiger partial charge in [-0.3, -0.25) is 9.79 Å². The average molecular weight is 434 g/mol. The number of thioether (sulfide) groups is 1. The molecule has 1 atom stereocenters. The van der Waals surface area contributed by atoms with Crippen LogP contribution in [0.1, 0.15) is 17.2 Å². The Labute approximate surface area is 169 Å². The van der Waals surface area contributed by atoms with E-state index in [1.165, 1.54) is 0 Å². The standard InChI is InChI=1S/C17H12Cl4N2OS/c18-11-2-1-3-12(19)14(11)17-23-13(8-25-17)9-4-6-10(7-5-9)22-16(24)15(20)21/h1-7,13,15H,8H2,(H,22,24). The number of amides is 1. The van der Waals surface area contributed by atoms with Gasteiger partial charge in [0.15, 0.2) is 4.84 Å². The third kappa shape index (κ3) is 4.44. The van der Waals surface area contributed by atoms with Gasteiger partial charge in [-0.1, -0.05) is 64.6 Å². The Balaban J connectivity index is 1.77. The predicted molar refractivity (Wildman–Crippen MR) is 109 cm³/mol. The zero-order chi connectivity index (χ0) is 18.0. The van der Waals surface area contributed by atoms with E-state index >= 15 is 0 Å². The van der Waals surface area contributed by atoms with Gasteiger partial charge in [0.2, 0.25) is 0 Å². The van der Waals surface area contributed by atoms with Crippen LogP contribution in [0, 0.1) is 0 Å². The van der Waals surface area contributed by atoms with Crippen LogP contribution in [0.3, 0.4) is 0 Å². The third-order valence-electron chi connectivity index (χ3n) is 3.59. The number of hydrogen-bond donors (Lipinski definition) is 1. The van der Waals surface area contributed by atoms with Crippen molar-refractivity contribution in [2.75, 3.05) is 11.1 Å². The van der Waals surface area contributed by atoms with Gasteiger partial charge in [0, 0.05) is 17.0 Å². The van der Waals surface area contributed by atoms with Crippen molar-refractivity contribution in [2.45, 2.75) is 10.9 Å². The Hall–Kier alpha value is -0.910. The lowest BCUT2D eigenvalue weighted by atomic mass is 10.1. The highest BCUT2D eigenvalue weighted by Crippen LogP contribution is 2.37. The first-order chi connectivity index (χ1) is 12.0. The van der Waals surface area contributed by atoms with E-state index in [0.717, 1.165) is 21.9 Å². The molecule has 1 aliphatic heterocycles. The minimum absolute atomic E-state index is 0.00546. The summed E-state index contributed by atoms with van der Waals surface area (Å²) in [6, 6.07) is 12.8. The molecule has 0 aromatic heterocycles. The van der Waals surface area contributed by atoms with Crippen LogP contribution in [0.15, 0.2) is 47.5 Å². The van der Waals surface area contributed by atoms with Crippen LogP contribution < -0.4 is 5.32 Å². The summed E-state index contributed by atoms with van der Waals surface area (Å²) in [4.78, 5) is 15.1. The molecule has 1 amide bonds. The number of carbonyl (C=O) groups excluding carboxylic acids is 1. The number of rotatable bonds is 4. The Bertz CT molecular complexity index is 804. The summed E-state index contributed by atoms with van der Waals surface area (Å²) in [5.74, 6) is 0.342. The zero-order valence-electron chi connectivity index (χ0n) is 12.7. The Morgan fingerprint density at radius 2 is 1.76 bits per heavy atom. The SMILES string of the molecule is O=C(Nc1ccc(C2CSC(c3c(Cl)cccc3Cl)=N2)cc1)C(Cl)Cl. The van der Waals surface area contributed by atoms with E-state index in [1.807, 2.05) is 18.2 Å². The van der Waals surface area contributed by atoms with E-state index in [1.54, 1.807) is 36.0 Å². The molecule has 2 aromatic carbocycles. The van der Waals surface area contributed by atoms with Gasteiger partial charge in [-0.05, 0) is 29.8 Å². The molecule has 0 bridgehead atoms. The second-order valence-electron chi connectivity index (χ2n) is 5.27. The molecular formula is C17H12Cl4N2OS. The average Bonchev–Trinajstić information content (AvgIpc) is 3.05. The lowest BCUT2D eigenvalue weighted by Gasteiger charge is -2.09. The van der Waals surface area contributed by atoms with Crippen LogP contribution in [-0.2, 0) is 4.79 Å². The third-order valence-corrected chi connectivity index (χ3v) is 5.68. The van der Waals surface area contributed by atoms with Crippen molar-refractivity contribution in [3.63, 3.8) is 0 Å². The van der Waals surface area contributed by atoms with Gasteiger partial charge < -0.3 is 5.32 Å². The molecule has 8 heteroatoms. The summed E-state index contributed by atoms with van der Waals surface area (Å²) in [6.45, 7) is 0. The topological polar surface area (TPSA) is 41.5 Å². The van der Waals surface area contributed by atoms with Crippen LogP contribution in [0.25, 0.3) is 0 Å². The highest BCUT2D eigenvalue weighted by atomic mass is 35.5. The van der Waals surface area contributed by atoms with Crippen LogP contribution in [0.4, 0.5) is 5.69 Å². The molecule has 1 heterocycles. The molecule has 0 spiro atoms. The van der Waals surface area contributed by atoms with Gasteiger partial charge in [0.1, 0.15) is 5.04 Å². The van der Waals surface area contributed by atoms with Gasteiger partial charge >= 0.3 is 0 Å². The molecular weight excluding hydrogens is 422 g/mol. The number of nitrogens with zero attached hydrogens (tertiary/aromatic N) is 1. The summed E-state index contributed by atoms with van der Waals surface area (Å²) >= 11 is 25.2. The number of aliphatic imine (C=N–C) groups is 1. The molecule has 0 fully saturated rings. The first kappa shape index (κ1) is 18.9. The minimum atomic E-state index is -1.10. The normalized spacial score (nSPS) is 16.8. The lowest BCUT2D eigenvalue weighted by Crippen LogP contribution is -2.18. The highest BCUT2D eigenvalue weighted by molar-refractivity contribution is 8.14. The van der Waals surface area contributed by atoms with Gasteiger partial charge in [0.25, 0.3) is 5.91 Å². The van der Waals surface area contributed by atoms with Crippen LogP contribution >= 0.6 is 58.2 Å². The van der Waals surface area contributed by atoms with Crippen molar-refractivity contribution in [2.24, 2.45) is 4.99 Å². The van der Waals surface area contributed by atoms with Crippen molar-refractivity contribution in [3.8, 4) is 0 Å². The summed E-state index contributed by atoms with van der Waals surface area (Å²) in [7, 11) is 0. The van der Waals surface area contributed by atoms with E-state index in [-0.39, 0.29) is 6.04 Å². The molecule has 1 aliphatic rings. The van der Waals surface area contributed by atoms with E-state index in [0.29, 0.717) is 15.7 Å².